The van der Waals surface area contributed by atoms with Gasteiger partial charge >= 0.3 is 0 Å². The molecule has 3 nitrogen and oxygen atoms in total. The molecule has 0 aliphatic carbocycles. The fraction of sp³-hybridized carbons (Fsp3) is 0.188. The number of ether oxygens (including phenoxy) is 1. The highest BCUT2D eigenvalue weighted by Crippen LogP contribution is 2.27. The number of hydrogen-bond donors (Lipinski definition) is 2. The van der Waals surface area contributed by atoms with Crippen LogP contribution in [0.25, 0.3) is 0 Å². The molecule has 2 N–H and O–H groups in total. The highest BCUT2D eigenvalue weighted by atomic mass is 35.5. The van der Waals surface area contributed by atoms with Gasteiger partial charge in [0.25, 0.3) is 0 Å². The van der Waals surface area contributed by atoms with Crippen LogP contribution in [0.5, 0.6) is 5.75 Å². The first-order valence-electron chi connectivity index (χ1n) is 6.49. The summed E-state index contributed by atoms with van der Waals surface area (Å²) >= 11 is 11.4. The zero-order valence-corrected chi connectivity index (χ0v) is 13.7. The lowest BCUT2D eigenvalue weighted by Gasteiger charge is -2.14. The van der Waals surface area contributed by atoms with Gasteiger partial charge in [-0.3, -0.25) is 0 Å². The Morgan fingerprint density at radius 3 is 2.57 bits per heavy atom. The topological polar surface area (TPSA) is 33.3 Å². The predicted octanol–water partition coefficient (Wildman–Crippen LogP) is 4.77. The van der Waals surface area contributed by atoms with Gasteiger partial charge in [0, 0.05) is 11.4 Å². The normalized spacial score (nSPS) is 10.1. The molecule has 0 bridgehead atoms. The maximum atomic E-state index is 6.09. The van der Waals surface area contributed by atoms with Crippen LogP contribution in [0.1, 0.15) is 11.1 Å². The monoisotopic (exact) mass is 320 g/mol. The van der Waals surface area contributed by atoms with Gasteiger partial charge in [0.05, 0.1) is 12.1 Å². The van der Waals surface area contributed by atoms with Gasteiger partial charge in [0.15, 0.2) is 5.11 Å². The fourth-order valence-electron chi connectivity index (χ4n) is 1.92. The van der Waals surface area contributed by atoms with Crippen molar-refractivity contribution < 1.29 is 4.74 Å². The van der Waals surface area contributed by atoms with Crippen LogP contribution in [0.3, 0.4) is 0 Å². The van der Waals surface area contributed by atoms with Crippen LogP contribution in [0.4, 0.5) is 11.4 Å². The number of anilines is 2. The van der Waals surface area contributed by atoms with Crippen molar-refractivity contribution in [1.29, 1.82) is 0 Å². The van der Waals surface area contributed by atoms with Crippen molar-refractivity contribution in [2.24, 2.45) is 0 Å². The second kappa shape index (κ2) is 6.78. The predicted molar refractivity (Wildman–Crippen MR) is 93.8 cm³/mol. The summed E-state index contributed by atoms with van der Waals surface area (Å²) in [7, 11) is 1.58. The number of thiocarbonyl (C=S) groups is 1. The van der Waals surface area contributed by atoms with E-state index in [1.165, 1.54) is 11.1 Å². The minimum absolute atomic E-state index is 0.518. The molecule has 0 fully saturated rings. The maximum absolute atomic E-state index is 6.09. The lowest BCUT2D eigenvalue weighted by molar-refractivity contribution is 0.415. The van der Waals surface area contributed by atoms with Gasteiger partial charge in [-0.2, -0.15) is 0 Å². The molecule has 0 heterocycles. The zero-order valence-electron chi connectivity index (χ0n) is 12.2. The van der Waals surface area contributed by atoms with Gasteiger partial charge in [-0.1, -0.05) is 23.7 Å². The van der Waals surface area contributed by atoms with Crippen LogP contribution < -0.4 is 15.4 Å². The molecule has 2 aromatic carbocycles. The summed E-state index contributed by atoms with van der Waals surface area (Å²) in [6.45, 7) is 4.13. The van der Waals surface area contributed by atoms with Gasteiger partial charge in [0.1, 0.15) is 5.75 Å². The van der Waals surface area contributed by atoms with E-state index in [2.05, 4.69) is 30.5 Å². The van der Waals surface area contributed by atoms with E-state index in [0.717, 1.165) is 11.4 Å². The summed E-state index contributed by atoms with van der Waals surface area (Å²) < 4.78 is 5.12. The van der Waals surface area contributed by atoms with Crippen LogP contribution in [-0.4, -0.2) is 12.2 Å². The molecular formula is C16H17ClN2OS. The molecule has 0 aliphatic rings. The van der Waals surface area contributed by atoms with Gasteiger partial charge in [0.2, 0.25) is 0 Å². The molecule has 110 valence electrons. The molecule has 0 amide bonds. The molecule has 2 rings (SSSR count). The Labute approximate surface area is 135 Å². The van der Waals surface area contributed by atoms with Crippen molar-refractivity contribution in [3.63, 3.8) is 0 Å². The van der Waals surface area contributed by atoms with Crippen molar-refractivity contribution in [1.82, 2.24) is 0 Å². The van der Waals surface area contributed by atoms with Crippen LogP contribution in [0.2, 0.25) is 5.02 Å². The number of methoxy groups -OCH3 is 1. The summed E-state index contributed by atoms with van der Waals surface area (Å²) in [5.41, 5.74) is 4.19. The van der Waals surface area contributed by atoms with Crippen LogP contribution in [-0.2, 0) is 0 Å². The Kier molecular flexibility index (Phi) is 5.04. The number of rotatable bonds is 3. The summed E-state index contributed by atoms with van der Waals surface area (Å²) in [5.74, 6) is 0.635. The van der Waals surface area contributed by atoms with E-state index < -0.39 is 0 Å². The lowest BCUT2D eigenvalue weighted by atomic mass is 10.1. The first-order chi connectivity index (χ1) is 10.0. The summed E-state index contributed by atoms with van der Waals surface area (Å²) in [6.07, 6.45) is 0. The van der Waals surface area contributed by atoms with E-state index in [0.29, 0.717) is 15.9 Å². The Bertz CT molecular complexity index is 673. The van der Waals surface area contributed by atoms with Gasteiger partial charge in [-0.15, -0.1) is 0 Å². The third-order valence-corrected chi connectivity index (χ3v) is 3.76. The Morgan fingerprint density at radius 1 is 1.14 bits per heavy atom. The summed E-state index contributed by atoms with van der Waals surface area (Å²) in [6, 6.07) is 11.5. The molecule has 21 heavy (non-hydrogen) atoms. The van der Waals surface area contributed by atoms with Crippen molar-refractivity contribution in [2.45, 2.75) is 13.8 Å². The molecule has 0 saturated carbocycles. The molecule has 0 spiro atoms. The van der Waals surface area contributed by atoms with Crippen LogP contribution in [0, 0.1) is 13.8 Å². The number of halogens is 1. The SMILES string of the molecule is COc1ccc(NC(=S)Nc2cccc(C)c2C)cc1Cl. The van der Waals surface area contributed by atoms with E-state index in [1.54, 1.807) is 19.2 Å². The van der Waals surface area contributed by atoms with Crippen molar-refractivity contribution in [3.05, 3.63) is 52.5 Å². The lowest BCUT2D eigenvalue weighted by Crippen LogP contribution is -2.19. The number of benzene rings is 2. The van der Waals surface area contributed by atoms with Crippen LogP contribution in [0.15, 0.2) is 36.4 Å². The van der Waals surface area contributed by atoms with E-state index >= 15 is 0 Å². The zero-order chi connectivity index (χ0) is 15.4. The molecular weight excluding hydrogens is 304 g/mol. The standard InChI is InChI=1S/C16H17ClN2OS/c1-10-5-4-6-14(11(10)2)19-16(21)18-12-7-8-15(20-3)13(17)9-12/h4-9H,1-3H3,(H2,18,19,21). The molecule has 0 saturated heterocycles. The average Bonchev–Trinajstić information content (AvgIpc) is 2.44. The largest absolute Gasteiger partial charge is 0.495 e. The smallest absolute Gasteiger partial charge is 0.175 e. The number of nitrogens with one attached hydrogen (secondary N) is 2. The van der Waals surface area contributed by atoms with Crippen molar-refractivity contribution in [2.75, 3.05) is 17.7 Å². The van der Waals surface area contributed by atoms with Gasteiger partial charge < -0.3 is 15.4 Å². The number of hydrogen-bond acceptors (Lipinski definition) is 2. The fourth-order valence-corrected chi connectivity index (χ4v) is 2.40. The summed E-state index contributed by atoms with van der Waals surface area (Å²) in [4.78, 5) is 0. The second-order valence-electron chi connectivity index (χ2n) is 4.68. The second-order valence-corrected chi connectivity index (χ2v) is 5.49. The highest BCUT2D eigenvalue weighted by molar-refractivity contribution is 7.80. The minimum Gasteiger partial charge on any atom is -0.495 e. The average molecular weight is 321 g/mol. The van der Waals surface area contributed by atoms with Gasteiger partial charge in [-0.25, -0.2) is 0 Å². The molecule has 2 aromatic rings. The summed E-state index contributed by atoms with van der Waals surface area (Å²) in [5, 5.41) is 7.36. The van der Waals surface area contributed by atoms with Crippen molar-refractivity contribution in [3.8, 4) is 5.75 Å². The van der Waals surface area contributed by atoms with E-state index in [1.807, 2.05) is 18.2 Å². The third kappa shape index (κ3) is 3.86. The quantitative estimate of drug-likeness (QED) is 0.798. The molecule has 0 atom stereocenters. The minimum atomic E-state index is 0.518. The highest BCUT2D eigenvalue weighted by Gasteiger charge is 2.05. The Balaban J connectivity index is 2.08. The molecule has 5 heteroatoms. The maximum Gasteiger partial charge on any atom is 0.175 e. The van der Waals surface area contributed by atoms with E-state index in [4.69, 9.17) is 28.6 Å². The van der Waals surface area contributed by atoms with Crippen molar-refractivity contribution >= 4 is 40.3 Å². The first-order valence-corrected chi connectivity index (χ1v) is 7.27. The molecule has 0 aliphatic heterocycles. The number of aryl methyl sites for hydroxylation is 1. The van der Waals surface area contributed by atoms with Gasteiger partial charge in [-0.05, 0) is 61.5 Å². The van der Waals surface area contributed by atoms with Crippen LogP contribution >= 0.6 is 23.8 Å². The Morgan fingerprint density at radius 2 is 1.90 bits per heavy atom. The first kappa shape index (κ1) is 15.6. The van der Waals surface area contributed by atoms with E-state index in [-0.39, 0.29) is 0 Å². The molecule has 0 radical (unpaired) electrons. The molecule has 0 unspecified atom stereocenters. The third-order valence-electron chi connectivity index (χ3n) is 3.26. The van der Waals surface area contributed by atoms with E-state index in [9.17, 15) is 0 Å². The molecule has 0 aromatic heterocycles. The Hall–Kier alpha value is -1.78.